The molecule has 0 atom stereocenters. The molecule has 1 aromatic carbocycles. The van der Waals surface area contributed by atoms with Crippen molar-refractivity contribution >= 4 is 5.69 Å². The summed E-state index contributed by atoms with van der Waals surface area (Å²) in [5.74, 6) is 0. The standard InChI is InChI=1S/C17H29N3/c1-4-8-18-14-16-6-7-17(13-15(16)3)20-11-9-19(5-2)10-12-20/h6-7,13,18H,4-5,8-12,14H2,1-3H3. The Bertz CT molecular complexity index is 409. The molecule has 20 heavy (non-hydrogen) atoms. The van der Waals surface area contributed by atoms with Gasteiger partial charge >= 0.3 is 0 Å². The van der Waals surface area contributed by atoms with Gasteiger partial charge in [0.2, 0.25) is 0 Å². The highest BCUT2D eigenvalue weighted by Gasteiger charge is 2.16. The van der Waals surface area contributed by atoms with E-state index in [2.05, 4.69) is 54.1 Å². The third kappa shape index (κ3) is 3.97. The van der Waals surface area contributed by atoms with Gasteiger partial charge in [-0.15, -0.1) is 0 Å². The first-order valence-corrected chi connectivity index (χ1v) is 8.02. The van der Waals surface area contributed by atoms with Gasteiger partial charge in [0.1, 0.15) is 0 Å². The summed E-state index contributed by atoms with van der Waals surface area (Å²) >= 11 is 0. The Hall–Kier alpha value is -1.06. The highest BCUT2D eigenvalue weighted by Crippen LogP contribution is 2.20. The maximum atomic E-state index is 3.48. The Kier molecular flexibility index (Phi) is 5.86. The molecule has 1 aliphatic heterocycles. The fourth-order valence-corrected chi connectivity index (χ4v) is 2.80. The number of rotatable bonds is 6. The van der Waals surface area contributed by atoms with Crippen LogP contribution in [0.4, 0.5) is 5.69 Å². The maximum Gasteiger partial charge on any atom is 0.0369 e. The van der Waals surface area contributed by atoms with Crippen LogP contribution in [-0.2, 0) is 6.54 Å². The van der Waals surface area contributed by atoms with Gasteiger partial charge in [-0.05, 0) is 49.7 Å². The average molecular weight is 275 g/mol. The van der Waals surface area contributed by atoms with Gasteiger partial charge in [0.15, 0.2) is 0 Å². The van der Waals surface area contributed by atoms with Crippen molar-refractivity contribution in [1.29, 1.82) is 0 Å². The Labute approximate surface area is 124 Å². The SMILES string of the molecule is CCCNCc1ccc(N2CCN(CC)CC2)cc1C. The van der Waals surface area contributed by atoms with E-state index < -0.39 is 0 Å². The zero-order chi connectivity index (χ0) is 14.4. The number of benzene rings is 1. The number of nitrogens with zero attached hydrogens (tertiary/aromatic N) is 2. The first-order chi connectivity index (χ1) is 9.74. The number of anilines is 1. The molecule has 0 spiro atoms. The van der Waals surface area contributed by atoms with Crippen molar-refractivity contribution in [2.75, 3.05) is 44.2 Å². The van der Waals surface area contributed by atoms with Gasteiger partial charge in [-0.3, -0.25) is 0 Å². The lowest BCUT2D eigenvalue weighted by atomic mass is 10.1. The van der Waals surface area contributed by atoms with Crippen molar-refractivity contribution in [2.24, 2.45) is 0 Å². The van der Waals surface area contributed by atoms with Crippen LogP contribution in [0.1, 0.15) is 31.4 Å². The molecule has 0 unspecified atom stereocenters. The van der Waals surface area contributed by atoms with E-state index in [4.69, 9.17) is 0 Å². The minimum Gasteiger partial charge on any atom is -0.369 e. The molecule has 3 nitrogen and oxygen atoms in total. The monoisotopic (exact) mass is 275 g/mol. The molecule has 0 amide bonds. The van der Waals surface area contributed by atoms with E-state index in [-0.39, 0.29) is 0 Å². The maximum absolute atomic E-state index is 3.48. The normalized spacial score (nSPS) is 16.6. The van der Waals surface area contributed by atoms with E-state index in [0.717, 1.165) is 26.2 Å². The van der Waals surface area contributed by atoms with Crippen LogP contribution in [0.25, 0.3) is 0 Å². The molecule has 1 fully saturated rings. The fraction of sp³-hybridized carbons (Fsp3) is 0.647. The number of likely N-dealkylation sites (N-methyl/N-ethyl adjacent to an activating group) is 1. The van der Waals surface area contributed by atoms with E-state index >= 15 is 0 Å². The van der Waals surface area contributed by atoms with Crippen LogP contribution in [0.2, 0.25) is 0 Å². The molecule has 0 saturated carbocycles. The zero-order valence-corrected chi connectivity index (χ0v) is 13.3. The molecule has 0 bridgehead atoms. The molecule has 1 saturated heterocycles. The molecule has 112 valence electrons. The van der Waals surface area contributed by atoms with Crippen molar-refractivity contribution < 1.29 is 0 Å². The lowest BCUT2D eigenvalue weighted by molar-refractivity contribution is 0.271. The van der Waals surface area contributed by atoms with Crippen LogP contribution >= 0.6 is 0 Å². The van der Waals surface area contributed by atoms with E-state index in [0.29, 0.717) is 0 Å². The molecular weight excluding hydrogens is 246 g/mol. The molecule has 0 aromatic heterocycles. The van der Waals surface area contributed by atoms with Crippen molar-refractivity contribution in [3.05, 3.63) is 29.3 Å². The second-order valence-electron chi connectivity index (χ2n) is 5.71. The van der Waals surface area contributed by atoms with E-state index in [1.165, 1.54) is 42.9 Å². The Morgan fingerprint density at radius 2 is 1.85 bits per heavy atom. The second-order valence-corrected chi connectivity index (χ2v) is 5.71. The highest BCUT2D eigenvalue weighted by molar-refractivity contribution is 5.51. The third-order valence-electron chi connectivity index (χ3n) is 4.25. The zero-order valence-electron chi connectivity index (χ0n) is 13.3. The van der Waals surface area contributed by atoms with Crippen LogP contribution < -0.4 is 10.2 Å². The first-order valence-electron chi connectivity index (χ1n) is 8.02. The van der Waals surface area contributed by atoms with Crippen molar-refractivity contribution in [3.8, 4) is 0 Å². The Balaban J connectivity index is 1.95. The largest absolute Gasteiger partial charge is 0.369 e. The summed E-state index contributed by atoms with van der Waals surface area (Å²) in [6.45, 7) is 14.6. The summed E-state index contributed by atoms with van der Waals surface area (Å²) in [6.07, 6.45) is 1.19. The summed E-state index contributed by atoms with van der Waals surface area (Å²) in [5, 5.41) is 3.48. The number of hydrogen-bond donors (Lipinski definition) is 1. The molecular formula is C17H29N3. The third-order valence-corrected chi connectivity index (χ3v) is 4.25. The fourth-order valence-electron chi connectivity index (χ4n) is 2.80. The Morgan fingerprint density at radius 1 is 1.10 bits per heavy atom. The quantitative estimate of drug-likeness (QED) is 0.805. The number of hydrogen-bond acceptors (Lipinski definition) is 3. The average Bonchev–Trinajstić information content (AvgIpc) is 2.49. The predicted molar refractivity (Wildman–Crippen MR) is 87.5 cm³/mol. The molecule has 0 radical (unpaired) electrons. The summed E-state index contributed by atoms with van der Waals surface area (Å²) in [7, 11) is 0. The number of nitrogens with one attached hydrogen (secondary N) is 1. The van der Waals surface area contributed by atoms with Gasteiger partial charge in [0, 0.05) is 38.4 Å². The van der Waals surface area contributed by atoms with Crippen LogP contribution in [-0.4, -0.2) is 44.2 Å². The van der Waals surface area contributed by atoms with Gasteiger partial charge in [-0.25, -0.2) is 0 Å². The van der Waals surface area contributed by atoms with Crippen molar-refractivity contribution in [2.45, 2.75) is 33.7 Å². The predicted octanol–water partition coefficient (Wildman–Crippen LogP) is 2.64. The summed E-state index contributed by atoms with van der Waals surface area (Å²) in [6, 6.07) is 6.93. The van der Waals surface area contributed by atoms with Gasteiger partial charge in [-0.1, -0.05) is 19.9 Å². The van der Waals surface area contributed by atoms with Crippen LogP contribution in [0.3, 0.4) is 0 Å². The van der Waals surface area contributed by atoms with Crippen LogP contribution in [0.15, 0.2) is 18.2 Å². The molecule has 3 heteroatoms. The highest BCUT2D eigenvalue weighted by atomic mass is 15.3. The van der Waals surface area contributed by atoms with E-state index in [1.807, 2.05) is 0 Å². The second kappa shape index (κ2) is 7.65. The molecule has 1 heterocycles. The van der Waals surface area contributed by atoms with Gasteiger partial charge in [-0.2, -0.15) is 0 Å². The molecule has 1 aliphatic rings. The lowest BCUT2D eigenvalue weighted by Gasteiger charge is -2.35. The summed E-state index contributed by atoms with van der Waals surface area (Å²) in [5.41, 5.74) is 4.22. The first kappa shape index (κ1) is 15.3. The smallest absolute Gasteiger partial charge is 0.0369 e. The van der Waals surface area contributed by atoms with Crippen LogP contribution in [0, 0.1) is 6.92 Å². The van der Waals surface area contributed by atoms with E-state index in [1.54, 1.807) is 0 Å². The lowest BCUT2D eigenvalue weighted by Crippen LogP contribution is -2.46. The van der Waals surface area contributed by atoms with Gasteiger partial charge < -0.3 is 15.1 Å². The van der Waals surface area contributed by atoms with Gasteiger partial charge in [0.05, 0.1) is 0 Å². The van der Waals surface area contributed by atoms with Crippen molar-refractivity contribution in [3.63, 3.8) is 0 Å². The van der Waals surface area contributed by atoms with Crippen LogP contribution in [0.5, 0.6) is 0 Å². The topological polar surface area (TPSA) is 18.5 Å². The summed E-state index contributed by atoms with van der Waals surface area (Å²) in [4.78, 5) is 5.04. The molecule has 1 N–H and O–H groups in total. The number of aryl methyl sites for hydroxylation is 1. The Morgan fingerprint density at radius 3 is 2.45 bits per heavy atom. The van der Waals surface area contributed by atoms with E-state index in [9.17, 15) is 0 Å². The van der Waals surface area contributed by atoms with Gasteiger partial charge in [0.25, 0.3) is 0 Å². The molecule has 2 rings (SSSR count). The molecule has 0 aliphatic carbocycles. The number of piperazine rings is 1. The molecule has 1 aromatic rings. The minimum atomic E-state index is 0.990. The minimum absolute atomic E-state index is 0.990. The summed E-state index contributed by atoms with van der Waals surface area (Å²) < 4.78 is 0. The van der Waals surface area contributed by atoms with Crippen molar-refractivity contribution in [1.82, 2.24) is 10.2 Å².